The Kier molecular flexibility index (Phi) is 9.11. The molecule has 1 unspecified atom stereocenters. The molecule has 2 N–H and O–H groups in total. The summed E-state index contributed by atoms with van der Waals surface area (Å²) in [5, 5.41) is 5.72. The molecule has 4 fully saturated rings. The molecule has 2 aliphatic heterocycles. The van der Waals surface area contributed by atoms with Gasteiger partial charge in [-0.25, -0.2) is 4.90 Å². The van der Waals surface area contributed by atoms with Crippen LogP contribution < -0.4 is 25.8 Å². The lowest BCUT2D eigenvalue weighted by molar-refractivity contribution is -0.130. The fraction of sp³-hybridized carbons (Fsp3) is 0.475. The van der Waals surface area contributed by atoms with E-state index in [1.807, 2.05) is 13.1 Å². The van der Waals surface area contributed by atoms with Crippen LogP contribution in [0.3, 0.4) is 0 Å². The minimum absolute atomic E-state index is 0.165. The molecule has 12 heteroatoms. The van der Waals surface area contributed by atoms with Crippen molar-refractivity contribution in [3.63, 3.8) is 0 Å². The molecule has 2 aromatic heterocycles. The van der Waals surface area contributed by atoms with Gasteiger partial charge in [0.1, 0.15) is 11.4 Å². The Bertz CT molecular complexity index is 2090. The molecular weight excluding hydrogens is 658 g/mol. The summed E-state index contributed by atoms with van der Waals surface area (Å²) < 4.78 is 9.09. The number of nitrogens with two attached hydrogens (primary N) is 1. The fourth-order valence-electron chi connectivity index (χ4n) is 8.65. The van der Waals surface area contributed by atoms with Crippen molar-refractivity contribution in [2.24, 2.45) is 11.7 Å². The van der Waals surface area contributed by atoms with Gasteiger partial charge in [-0.05, 0) is 99.2 Å². The SMILES string of the molecule is COc1cc2nn(C3CCC(CN4CCN(c5ccc(C6CCC(=O)N(c7cccn(C8CC8)c7=O)C6=O)c(C)c5)CC4)CC3)cc2cc1C(N)=O. The highest BCUT2D eigenvalue weighted by molar-refractivity contribution is 6.18. The quantitative estimate of drug-likeness (QED) is 0.242. The fourth-order valence-corrected chi connectivity index (χ4v) is 8.65. The smallest absolute Gasteiger partial charge is 0.275 e. The highest BCUT2D eigenvalue weighted by Crippen LogP contribution is 2.37. The Morgan fingerprint density at radius 2 is 1.67 bits per heavy atom. The van der Waals surface area contributed by atoms with Crippen LogP contribution in [0, 0.1) is 12.8 Å². The summed E-state index contributed by atoms with van der Waals surface area (Å²) in [4.78, 5) is 58.1. The minimum Gasteiger partial charge on any atom is -0.496 e. The molecule has 2 aromatic carbocycles. The highest BCUT2D eigenvalue weighted by atomic mass is 16.5. The Labute approximate surface area is 303 Å². The maximum absolute atomic E-state index is 13.8. The van der Waals surface area contributed by atoms with E-state index >= 15 is 0 Å². The number of hydrogen-bond donors (Lipinski definition) is 1. The zero-order chi connectivity index (χ0) is 36.1. The summed E-state index contributed by atoms with van der Waals surface area (Å²) in [5.74, 6) is -0.472. The predicted octanol–water partition coefficient (Wildman–Crippen LogP) is 4.94. The van der Waals surface area contributed by atoms with Gasteiger partial charge in [-0.15, -0.1) is 0 Å². The van der Waals surface area contributed by atoms with Gasteiger partial charge in [-0.2, -0.15) is 5.10 Å². The summed E-state index contributed by atoms with van der Waals surface area (Å²) in [6, 6.07) is 13.8. The lowest BCUT2D eigenvalue weighted by atomic mass is 9.85. The topological polar surface area (TPSA) is 136 Å². The number of primary amides is 1. The van der Waals surface area contributed by atoms with Crippen LogP contribution >= 0.6 is 0 Å². The number of piperidine rings is 1. The van der Waals surface area contributed by atoms with E-state index in [1.165, 1.54) is 7.11 Å². The third-order valence-corrected chi connectivity index (χ3v) is 11.7. The van der Waals surface area contributed by atoms with Gasteiger partial charge >= 0.3 is 0 Å². The van der Waals surface area contributed by atoms with E-state index in [0.717, 1.165) is 104 Å². The number of ether oxygens (including phenoxy) is 1. The maximum Gasteiger partial charge on any atom is 0.275 e. The number of carbonyl (C=O) groups is 3. The van der Waals surface area contributed by atoms with E-state index < -0.39 is 11.8 Å². The van der Waals surface area contributed by atoms with Gasteiger partial charge in [-0.1, -0.05) is 6.07 Å². The highest BCUT2D eigenvalue weighted by Gasteiger charge is 2.39. The Hall–Kier alpha value is -4.97. The van der Waals surface area contributed by atoms with Crippen molar-refractivity contribution < 1.29 is 19.1 Å². The molecule has 4 heterocycles. The molecule has 2 aliphatic carbocycles. The van der Waals surface area contributed by atoms with Crippen molar-refractivity contribution in [1.29, 1.82) is 0 Å². The number of imide groups is 1. The summed E-state index contributed by atoms with van der Waals surface area (Å²) in [7, 11) is 1.53. The first-order valence-electron chi connectivity index (χ1n) is 18.7. The number of amides is 3. The monoisotopic (exact) mass is 705 g/mol. The third-order valence-electron chi connectivity index (χ3n) is 11.7. The lowest BCUT2D eigenvalue weighted by Crippen LogP contribution is -2.48. The van der Waals surface area contributed by atoms with Crippen molar-refractivity contribution in [2.75, 3.05) is 49.6 Å². The number of piperazine rings is 1. The van der Waals surface area contributed by atoms with Crippen LogP contribution in [0.2, 0.25) is 0 Å². The molecule has 2 saturated carbocycles. The number of pyridine rings is 1. The number of hydrogen-bond acceptors (Lipinski definition) is 8. The van der Waals surface area contributed by atoms with Crippen LogP contribution in [0.5, 0.6) is 5.75 Å². The molecule has 272 valence electrons. The normalized spacial score (nSPS) is 23.0. The van der Waals surface area contributed by atoms with Gasteiger partial charge in [0, 0.05) is 74.7 Å². The van der Waals surface area contributed by atoms with Gasteiger partial charge in [0.25, 0.3) is 11.5 Å². The number of nitrogens with zero attached hydrogens (tertiary/aromatic N) is 6. The van der Waals surface area contributed by atoms with Crippen LogP contribution in [0.4, 0.5) is 11.4 Å². The van der Waals surface area contributed by atoms with E-state index in [1.54, 1.807) is 35.0 Å². The lowest BCUT2D eigenvalue weighted by Gasteiger charge is -2.39. The van der Waals surface area contributed by atoms with Crippen LogP contribution in [0.1, 0.15) is 90.9 Å². The molecule has 52 heavy (non-hydrogen) atoms. The number of aryl methyl sites for hydroxylation is 1. The molecule has 4 aliphatic rings. The van der Waals surface area contributed by atoms with Gasteiger partial charge in [-0.3, -0.25) is 28.8 Å². The van der Waals surface area contributed by atoms with Crippen molar-refractivity contribution in [3.8, 4) is 5.75 Å². The average molecular weight is 706 g/mol. The number of anilines is 2. The van der Waals surface area contributed by atoms with Crippen LogP contribution in [0.15, 0.2) is 59.7 Å². The standard InChI is InChI=1S/C40H47N7O5/c1-25-20-30(11-12-31(25)32-13-14-37(48)47(39(32)50)35-4-3-15-45(40(35)51)28-9-10-28)44-18-16-43(17-19-44)23-26-5-7-29(8-6-26)46-24-27-21-33(38(41)49)36(52-2)22-34(27)42-46/h3-4,11-12,15,20-22,24,26,28-29,32H,5-10,13-14,16-19,23H2,1-2H3,(H2,41,49). The van der Waals surface area contributed by atoms with Gasteiger partial charge < -0.3 is 19.9 Å². The molecular formula is C40H47N7O5. The number of benzene rings is 2. The Balaban J connectivity index is 0.855. The zero-order valence-corrected chi connectivity index (χ0v) is 30.0. The van der Waals surface area contributed by atoms with Crippen molar-refractivity contribution in [3.05, 3.63) is 81.9 Å². The van der Waals surface area contributed by atoms with Gasteiger partial charge in [0.05, 0.1) is 30.1 Å². The Morgan fingerprint density at radius 1 is 0.923 bits per heavy atom. The molecule has 8 rings (SSSR count). The minimum atomic E-state index is -0.508. The summed E-state index contributed by atoms with van der Waals surface area (Å²) >= 11 is 0. The summed E-state index contributed by atoms with van der Waals surface area (Å²) in [5.41, 5.74) is 9.75. The van der Waals surface area contributed by atoms with Gasteiger partial charge in [0.2, 0.25) is 11.8 Å². The molecule has 3 amide bonds. The number of rotatable bonds is 9. The van der Waals surface area contributed by atoms with E-state index in [0.29, 0.717) is 29.7 Å². The molecule has 1 atom stereocenters. The number of carbonyl (C=O) groups excluding carboxylic acids is 3. The predicted molar refractivity (Wildman–Crippen MR) is 199 cm³/mol. The largest absolute Gasteiger partial charge is 0.496 e. The molecule has 0 radical (unpaired) electrons. The van der Waals surface area contributed by atoms with E-state index in [2.05, 4.69) is 32.7 Å². The Morgan fingerprint density at radius 3 is 2.37 bits per heavy atom. The first kappa shape index (κ1) is 34.1. The first-order valence-corrected chi connectivity index (χ1v) is 18.7. The maximum atomic E-state index is 13.8. The molecule has 4 aromatic rings. The number of methoxy groups -OCH3 is 1. The summed E-state index contributed by atoms with van der Waals surface area (Å²) in [6.45, 7) is 7.04. The van der Waals surface area contributed by atoms with Crippen LogP contribution in [-0.2, 0) is 9.59 Å². The van der Waals surface area contributed by atoms with Crippen molar-refractivity contribution in [2.45, 2.75) is 76.3 Å². The molecule has 12 nitrogen and oxygen atoms in total. The van der Waals surface area contributed by atoms with Crippen molar-refractivity contribution in [1.82, 2.24) is 19.2 Å². The van der Waals surface area contributed by atoms with E-state index in [-0.39, 0.29) is 35.5 Å². The van der Waals surface area contributed by atoms with Gasteiger partial charge in [0.15, 0.2) is 0 Å². The molecule has 0 bridgehead atoms. The average Bonchev–Trinajstić information content (AvgIpc) is 3.90. The van der Waals surface area contributed by atoms with E-state index in [9.17, 15) is 19.2 Å². The third kappa shape index (κ3) is 6.48. The second kappa shape index (κ2) is 13.9. The number of fused-ring (bicyclic) bond motifs is 1. The first-order chi connectivity index (χ1) is 25.2. The van der Waals surface area contributed by atoms with Crippen LogP contribution in [0.25, 0.3) is 10.9 Å². The summed E-state index contributed by atoms with van der Waals surface area (Å²) in [6.07, 6.45) is 10.8. The zero-order valence-electron chi connectivity index (χ0n) is 30.0. The second-order valence-corrected chi connectivity index (χ2v) is 15.1. The molecule has 0 spiro atoms. The number of aromatic nitrogens is 3. The second-order valence-electron chi connectivity index (χ2n) is 15.1. The van der Waals surface area contributed by atoms with Crippen LogP contribution in [-0.4, -0.2) is 76.8 Å². The molecule has 2 saturated heterocycles. The van der Waals surface area contributed by atoms with Crippen molar-refractivity contribution >= 4 is 40.0 Å². The van der Waals surface area contributed by atoms with E-state index in [4.69, 9.17) is 15.6 Å².